The van der Waals surface area contributed by atoms with Crippen LogP contribution >= 0.6 is 22.9 Å². The second-order valence-electron chi connectivity index (χ2n) is 7.51. The number of benzene rings is 2. The number of thiazole rings is 1. The van der Waals surface area contributed by atoms with Crippen LogP contribution in [0, 0.1) is 6.92 Å². The number of hydrogen-bond donors (Lipinski definition) is 0. The van der Waals surface area contributed by atoms with Crippen molar-refractivity contribution in [3.8, 4) is 5.75 Å². The Balaban J connectivity index is 1.43. The minimum atomic E-state index is 0.0886. The fourth-order valence-corrected chi connectivity index (χ4v) is 5.07. The number of nitrogens with zero attached hydrogens (tertiary/aromatic N) is 3. The highest BCUT2D eigenvalue weighted by atomic mass is 35.5. The molecule has 0 unspecified atom stereocenters. The van der Waals surface area contributed by atoms with E-state index in [1.54, 1.807) is 11.3 Å². The molecule has 3 aromatic rings. The smallest absolute Gasteiger partial charge is 0.186 e. The van der Waals surface area contributed by atoms with Crippen LogP contribution in [0.15, 0.2) is 36.4 Å². The number of rotatable bonds is 6. The van der Waals surface area contributed by atoms with Crippen molar-refractivity contribution in [1.82, 2.24) is 9.88 Å². The van der Waals surface area contributed by atoms with E-state index < -0.39 is 0 Å². The number of aldehydes is 1. The monoisotopic (exact) mass is 429 g/mol. The molecule has 2 heterocycles. The third-order valence-electron chi connectivity index (χ3n) is 5.19. The van der Waals surface area contributed by atoms with Gasteiger partial charge in [0.15, 0.2) is 11.4 Å². The Morgan fingerprint density at radius 3 is 2.93 bits per heavy atom. The molecule has 0 aliphatic carbocycles. The highest BCUT2D eigenvalue weighted by Crippen LogP contribution is 2.32. The molecule has 29 heavy (non-hydrogen) atoms. The van der Waals surface area contributed by atoms with Crippen molar-refractivity contribution in [2.75, 3.05) is 31.1 Å². The van der Waals surface area contributed by atoms with Gasteiger partial charge in [0, 0.05) is 37.2 Å². The van der Waals surface area contributed by atoms with Crippen LogP contribution in [0.4, 0.5) is 5.13 Å². The zero-order valence-electron chi connectivity index (χ0n) is 16.6. The molecule has 0 bridgehead atoms. The van der Waals surface area contributed by atoms with Gasteiger partial charge >= 0.3 is 0 Å². The van der Waals surface area contributed by atoms with Gasteiger partial charge in [0.2, 0.25) is 0 Å². The number of aromatic nitrogens is 1. The van der Waals surface area contributed by atoms with Gasteiger partial charge in [-0.3, -0.25) is 9.69 Å². The molecule has 0 amide bonds. The summed E-state index contributed by atoms with van der Waals surface area (Å²) in [6.07, 6.45) is 0.777. The summed E-state index contributed by atoms with van der Waals surface area (Å²) in [6.45, 7) is 8.12. The lowest BCUT2D eigenvalue weighted by atomic mass is 10.1. The maximum Gasteiger partial charge on any atom is 0.186 e. The summed E-state index contributed by atoms with van der Waals surface area (Å²) in [7, 11) is 0. The second-order valence-corrected chi connectivity index (χ2v) is 8.95. The predicted molar refractivity (Wildman–Crippen MR) is 119 cm³/mol. The van der Waals surface area contributed by atoms with Gasteiger partial charge in [0.25, 0.3) is 0 Å². The van der Waals surface area contributed by atoms with Gasteiger partial charge in [-0.15, -0.1) is 0 Å². The maximum absolute atomic E-state index is 10.6. The molecule has 0 spiro atoms. The van der Waals surface area contributed by atoms with Crippen molar-refractivity contribution in [3.63, 3.8) is 0 Å². The van der Waals surface area contributed by atoms with E-state index in [0.29, 0.717) is 6.04 Å². The Bertz CT molecular complexity index is 1020. The largest absolute Gasteiger partial charge is 0.486 e. The quantitative estimate of drug-likeness (QED) is 0.538. The fraction of sp³-hybridized carbons (Fsp3) is 0.364. The van der Waals surface area contributed by atoms with Crippen LogP contribution in [0.5, 0.6) is 5.75 Å². The first-order chi connectivity index (χ1) is 14.0. The lowest BCUT2D eigenvalue weighted by Crippen LogP contribution is -2.51. The number of hydrogen-bond acceptors (Lipinski definition) is 6. The summed E-state index contributed by atoms with van der Waals surface area (Å²) in [4.78, 5) is 20.2. The lowest BCUT2D eigenvalue weighted by molar-refractivity contribution is -0.109. The highest BCUT2D eigenvalue weighted by Gasteiger charge is 2.25. The van der Waals surface area contributed by atoms with E-state index in [-0.39, 0.29) is 6.61 Å². The van der Waals surface area contributed by atoms with E-state index in [4.69, 9.17) is 21.3 Å². The van der Waals surface area contributed by atoms with Crippen molar-refractivity contribution < 1.29 is 9.53 Å². The van der Waals surface area contributed by atoms with E-state index in [9.17, 15) is 4.79 Å². The number of ether oxygens (including phenoxy) is 1. The Morgan fingerprint density at radius 1 is 1.28 bits per heavy atom. The molecular formula is C22H24ClN3O2S. The average Bonchev–Trinajstić information content (AvgIpc) is 3.10. The number of carbonyl (C=O) groups excluding carboxylic acids is 1. The second kappa shape index (κ2) is 8.69. The van der Waals surface area contributed by atoms with E-state index >= 15 is 0 Å². The Kier molecular flexibility index (Phi) is 6.04. The third-order valence-corrected chi connectivity index (χ3v) is 6.50. The summed E-state index contributed by atoms with van der Waals surface area (Å²) in [5.41, 5.74) is 3.36. The van der Waals surface area contributed by atoms with E-state index in [1.165, 1.54) is 5.56 Å². The van der Waals surface area contributed by atoms with Crippen molar-refractivity contribution in [2.45, 2.75) is 26.4 Å². The highest BCUT2D eigenvalue weighted by molar-refractivity contribution is 7.22. The number of anilines is 1. The number of fused-ring (bicyclic) bond motifs is 1. The number of aryl methyl sites for hydroxylation is 1. The zero-order chi connectivity index (χ0) is 20.4. The van der Waals surface area contributed by atoms with E-state index in [2.05, 4.69) is 29.7 Å². The fourth-order valence-electron chi connectivity index (χ4n) is 3.79. The summed E-state index contributed by atoms with van der Waals surface area (Å²) >= 11 is 7.82. The molecule has 1 saturated heterocycles. The van der Waals surface area contributed by atoms with Gasteiger partial charge in [0.1, 0.15) is 12.4 Å². The van der Waals surface area contributed by atoms with Crippen LogP contribution in [0.3, 0.4) is 0 Å². The van der Waals surface area contributed by atoms with Crippen LogP contribution in [0.2, 0.25) is 5.02 Å². The molecule has 1 atom stereocenters. The van der Waals surface area contributed by atoms with Crippen LogP contribution in [-0.4, -0.2) is 48.5 Å². The molecule has 1 aromatic heterocycles. The van der Waals surface area contributed by atoms with E-state index in [1.807, 2.05) is 30.3 Å². The van der Waals surface area contributed by atoms with Gasteiger partial charge in [0.05, 0.1) is 10.2 Å². The Labute approximate surface area is 179 Å². The number of piperazine rings is 1. The van der Waals surface area contributed by atoms with Crippen molar-refractivity contribution in [3.05, 3.63) is 52.5 Å². The van der Waals surface area contributed by atoms with Crippen LogP contribution in [0.25, 0.3) is 10.2 Å². The first kappa shape index (κ1) is 20.1. The van der Waals surface area contributed by atoms with Gasteiger partial charge in [-0.2, -0.15) is 0 Å². The van der Waals surface area contributed by atoms with Crippen molar-refractivity contribution in [1.29, 1.82) is 0 Å². The summed E-state index contributed by atoms with van der Waals surface area (Å²) in [5.74, 6) is 0.756. The van der Waals surface area contributed by atoms with E-state index in [0.717, 1.165) is 64.1 Å². The van der Waals surface area contributed by atoms with Gasteiger partial charge in [-0.1, -0.05) is 29.0 Å². The summed E-state index contributed by atoms with van der Waals surface area (Å²) in [6, 6.07) is 12.5. The molecule has 0 N–H and O–H groups in total. The standard InChI is InChI=1S/C22H24ClN3O2S/c1-15-9-17(11-19(10-15)28-8-7-27)14-25-5-6-26(13-16(25)2)22-24-20-4-3-18(23)12-21(20)29-22/h3-4,7,9-12,16H,5-6,8,13-14H2,1-2H3/t16-/m0/s1. The maximum atomic E-state index is 10.6. The number of halogens is 1. The third kappa shape index (κ3) is 4.71. The minimum Gasteiger partial charge on any atom is -0.486 e. The molecule has 2 aromatic carbocycles. The molecule has 1 aliphatic heterocycles. The van der Waals surface area contributed by atoms with Gasteiger partial charge < -0.3 is 9.64 Å². The molecule has 1 aliphatic rings. The normalized spacial score (nSPS) is 17.6. The van der Waals surface area contributed by atoms with Gasteiger partial charge in [-0.05, 0) is 55.3 Å². The Morgan fingerprint density at radius 2 is 2.14 bits per heavy atom. The Hall–Kier alpha value is -2.15. The molecule has 7 heteroatoms. The molecule has 1 fully saturated rings. The molecule has 5 nitrogen and oxygen atoms in total. The average molecular weight is 430 g/mol. The first-order valence-corrected chi connectivity index (χ1v) is 10.9. The topological polar surface area (TPSA) is 45.7 Å². The molecular weight excluding hydrogens is 406 g/mol. The number of carbonyl (C=O) groups is 1. The van der Waals surface area contributed by atoms with Crippen molar-refractivity contribution >= 4 is 44.6 Å². The zero-order valence-corrected chi connectivity index (χ0v) is 18.2. The van der Waals surface area contributed by atoms with Crippen LogP contribution < -0.4 is 9.64 Å². The SMILES string of the molecule is Cc1cc(CN2CCN(c3nc4ccc(Cl)cc4s3)C[C@@H]2C)cc(OCC=O)c1. The molecule has 0 radical (unpaired) electrons. The minimum absolute atomic E-state index is 0.0886. The first-order valence-electron chi connectivity index (χ1n) is 9.74. The lowest BCUT2D eigenvalue weighted by Gasteiger charge is -2.39. The predicted octanol–water partition coefficient (Wildman–Crippen LogP) is 4.55. The summed E-state index contributed by atoms with van der Waals surface area (Å²) < 4.78 is 6.62. The molecule has 0 saturated carbocycles. The molecule has 152 valence electrons. The van der Waals surface area contributed by atoms with Crippen molar-refractivity contribution in [2.24, 2.45) is 0 Å². The molecule has 4 rings (SSSR count). The summed E-state index contributed by atoms with van der Waals surface area (Å²) in [5, 5.41) is 1.81. The van der Waals surface area contributed by atoms with Gasteiger partial charge in [-0.25, -0.2) is 4.98 Å². The van der Waals surface area contributed by atoms with Crippen LogP contribution in [0.1, 0.15) is 18.1 Å². The van der Waals surface area contributed by atoms with Crippen LogP contribution in [-0.2, 0) is 11.3 Å².